The Morgan fingerprint density at radius 1 is 1.42 bits per heavy atom. The molecule has 0 saturated carbocycles. The van der Waals surface area contributed by atoms with Crippen LogP contribution in [0.3, 0.4) is 0 Å². The van der Waals surface area contributed by atoms with E-state index in [2.05, 4.69) is 5.32 Å². The van der Waals surface area contributed by atoms with Crippen LogP contribution in [0.1, 0.15) is 12.0 Å². The molecule has 0 bridgehead atoms. The van der Waals surface area contributed by atoms with Crippen LogP contribution in [0.5, 0.6) is 0 Å². The molecule has 2 rings (SSSR count). The van der Waals surface area contributed by atoms with Crippen LogP contribution in [0.4, 0.5) is 0 Å². The Morgan fingerprint density at radius 3 is 2.89 bits per heavy atom. The van der Waals surface area contributed by atoms with E-state index < -0.39 is 5.60 Å². The Labute approximate surface area is 112 Å². The minimum atomic E-state index is -0.922. The van der Waals surface area contributed by atoms with Gasteiger partial charge in [-0.15, -0.1) is 0 Å². The fraction of sp³-hybridized carbons (Fsp3) is 0.500. The van der Waals surface area contributed by atoms with Crippen molar-refractivity contribution in [1.29, 1.82) is 0 Å². The van der Waals surface area contributed by atoms with Crippen molar-refractivity contribution in [2.75, 3.05) is 26.4 Å². The maximum atomic E-state index is 11.5. The highest BCUT2D eigenvalue weighted by atomic mass is 16.5. The number of carbonyl (C=O) groups is 1. The zero-order valence-electron chi connectivity index (χ0n) is 10.8. The maximum absolute atomic E-state index is 11.5. The number of benzene rings is 1. The first-order valence-corrected chi connectivity index (χ1v) is 6.36. The van der Waals surface area contributed by atoms with E-state index in [1.54, 1.807) is 0 Å². The lowest BCUT2D eigenvalue weighted by Crippen LogP contribution is -2.44. The number of amides is 1. The molecule has 1 fully saturated rings. The van der Waals surface area contributed by atoms with Gasteiger partial charge in [-0.05, 0) is 5.56 Å². The molecule has 1 atom stereocenters. The van der Waals surface area contributed by atoms with E-state index in [0.717, 1.165) is 5.56 Å². The average molecular weight is 265 g/mol. The van der Waals surface area contributed by atoms with E-state index in [-0.39, 0.29) is 25.7 Å². The number of nitrogens with one attached hydrogen (secondary N) is 1. The molecular formula is C14H19NO4. The van der Waals surface area contributed by atoms with Crippen molar-refractivity contribution < 1.29 is 19.4 Å². The molecule has 104 valence electrons. The van der Waals surface area contributed by atoms with Gasteiger partial charge in [-0.3, -0.25) is 4.79 Å². The summed E-state index contributed by atoms with van der Waals surface area (Å²) in [5, 5.41) is 12.6. The van der Waals surface area contributed by atoms with Gasteiger partial charge in [-0.1, -0.05) is 30.3 Å². The molecular weight excluding hydrogens is 246 g/mol. The topological polar surface area (TPSA) is 67.8 Å². The second-order valence-corrected chi connectivity index (χ2v) is 4.78. The van der Waals surface area contributed by atoms with E-state index in [4.69, 9.17) is 9.47 Å². The van der Waals surface area contributed by atoms with Gasteiger partial charge < -0.3 is 19.9 Å². The van der Waals surface area contributed by atoms with Gasteiger partial charge in [-0.25, -0.2) is 0 Å². The minimum absolute atomic E-state index is 0.00810. The third-order valence-electron chi connectivity index (χ3n) is 3.04. The molecule has 1 heterocycles. The fourth-order valence-electron chi connectivity index (χ4n) is 1.89. The number of hydrogen-bond donors (Lipinski definition) is 2. The zero-order valence-corrected chi connectivity index (χ0v) is 10.8. The largest absolute Gasteiger partial charge is 0.386 e. The van der Waals surface area contributed by atoms with Crippen molar-refractivity contribution in [1.82, 2.24) is 5.32 Å². The summed E-state index contributed by atoms with van der Waals surface area (Å²) < 4.78 is 10.4. The number of carbonyl (C=O) groups excluding carboxylic acids is 1. The summed E-state index contributed by atoms with van der Waals surface area (Å²) in [6.07, 6.45) is 0.554. The van der Waals surface area contributed by atoms with Crippen molar-refractivity contribution in [2.24, 2.45) is 0 Å². The number of hydrogen-bond acceptors (Lipinski definition) is 4. The molecule has 1 aromatic carbocycles. The second kappa shape index (κ2) is 6.65. The highest BCUT2D eigenvalue weighted by molar-refractivity contribution is 5.77. The van der Waals surface area contributed by atoms with E-state index in [1.807, 2.05) is 30.3 Å². The number of rotatable bonds is 6. The molecule has 0 aliphatic carbocycles. The van der Waals surface area contributed by atoms with E-state index in [0.29, 0.717) is 19.6 Å². The van der Waals surface area contributed by atoms with Gasteiger partial charge in [0.15, 0.2) is 0 Å². The molecule has 0 radical (unpaired) electrons. The van der Waals surface area contributed by atoms with Crippen LogP contribution in [0.2, 0.25) is 0 Å². The summed E-state index contributed by atoms with van der Waals surface area (Å²) in [5.74, 6) is -0.226. The van der Waals surface area contributed by atoms with Crippen LogP contribution in [0, 0.1) is 0 Å². The molecule has 1 aliphatic rings. The molecule has 5 nitrogen and oxygen atoms in total. The maximum Gasteiger partial charge on any atom is 0.246 e. The zero-order chi connectivity index (χ0) is 13.6. The molecule has 1 aromatic rings. The quantitative estimate of drug-likeness (QED) is 0.784. The summed E-state index contributed by atoms with van der Waals surface area (Å²) in [6.45, 7) is 1.42. The standard InChI is InChI=1S/C14H19NO4/c16-13(15-10-14(17)6-7-18-11-14)9-19-8-12-4-2-1-3-5-12/h1-5,17H,6-11H2,(H,15,16). The van der Waals surface area contributed by atoms with Crippen molar-refractivity contribution in [2.45, 2.75) is 18.6 Å². The first kappa shape index (κ1) is 14.0. The highest BCUT2D eigenvalue weighted by Crippen LogP contribution is 2.16. The Morgan fingerprint density at radius 2 is 2.21 bits per heavy atom. The lowest BCUT2D eigenvalue weighted by molar-refractivity contribution is -0.127. The highest BCUT2D eigenvalue weighted by Gasteiger charge is 2.32. The fourth-order valence-corrected chi connectivity index (χ4v) is 1.89. The molecule has 1 saturated heterocycles. The van der Waals surface area contributed by atoms with E-state index in [9.17, 15) is 9.90 Å². The third-order valence-corrected chi connectivity index (χ3v) is 3.04. The van der Waals surface area contributed by atoms with Gasteiger partial charge >= 0.3 is 0 Å². The molecule has 19 heavy (non-hydrogen) atoms. The van der Waals surface area contributed by atoms with Crippen LogP contribution in [0.25, 0.3) is 0 Å². The molecule has 1 aliphatic heterocycles. The molecule has 2 N–H and O–H groups in total. The first-order valence-electron chi connectivity index (χ1n) is 6.36. The molecule has 5 heteroatoms. The summed E-state index contributed by atoms with van der Waals surface area (Å²) in [7, 11) is 0. The van der Waals surface area contributed by atoms with E-state index in [1.165, 1.54) is 0 Å². The minimum Gasteiger partial charge on any atom is -0.386 e. The van der Waals surface area contributed by atoms with Gasteiger partial charge in [-0.2, -0.15) is 0 Å². The van der Waals surface area contributed by atoms with Crippen LogP contribution in [0.15, 0.2) is 30.3 Å². The average Bonchev–Trinajstić information content (AvgIpc) is 2.85. The Balaban J connectivity index is 1.62. The van der Waals surface area contributed by atoms with Gasteiger partial charge in [0.1, 0.15) is 12.2 Å². The second-order valence-electron chi connectivity index (χ2n) is 4.78. The molecule has 0 aromatic heterocycles. The summed E-state index contributed by atoms with van der Waals surface area (Å²) in [4.78, 5) is 11.5. The first-order chi connectivity index (χ1) is 9.18. The van der Waals surface area contributed by atoms with Crippen molar-refractivity contribution in [3.63, 3.8) is 0 Å². The van der Waals surface area contributed by atoms with Crippen LogP contribution >= 0.6 is 0 Å². The molecule has 0 spiro atoms. The lowest BCUT2D eigenvalue weighted by atomic mass is 10.0. The third kappa shape index (κ3) is 4.63. The SMILES string of the molecule is O=C(COCc1ccccc1)NCC1(O)CCOC1. The number of aliphatic hydroxyl groups is 1. The van der Waals surface area contributed by atoms with E-state index >= 15 is 0 Å². The predicted octanol–water partition coefficient (Wildman–Crippen LogP) is 0.471. The van der Waals surface area contributed by atoms with Gasteiger partial charge in [0, 0.05) is 19.6 Å². The van der Waals surface area contributed by atoms with Crippen LogP contribution in [-0.4, -0.2) is 43.0 Å². The summed E-state index contributed by atoms with van der Waals surface area (Å²) in [6, 6.07) is 9.66. The summed E-state index contributed by atoms with van der Waals surface area (Å²) in [5.41, 5.74) is 0.105. The smallest absolute Gasteiger partial charge is 0.246 e. The predicted molar refractivity (Wildman–Crippen MR) is 69.5 cm³/mol. The number of ether oxygens (including phenoxy) is 2. The van der Waals surface area contributed by atoms with Crippen LogP contribution < -0.4 is 5.32 Å². The van der Waals surface area contributed by atoms with Gasteiger partial charge in [0.25, 0.3) is 0 Å². The lowest BCUT2D eigenvalue weighted by Gasteiger charge is -2.20. The van der Waals surface area contributed by atoms with Crippen LogP contribution in [-0.2, 0) is 20.9 Å². The normalized spacial score (nSPS) is 22.4. The Bertz CT molecular complexity index is 401. The van der Waals surface area contributed by atoms with Gasteiger partial charge in [0.05, 0.1) is 13.2 Å². The van der Waals surface area contributed by atoms with Crippen molar-refractivity contribution in [3.05, 3.63) is 35.9 Å². The molecule has 1 amide bonds. The Hall–Kier alpha value is -1.43. The van der Waals surface area contributed by atoms with Gasteiger partial charge in [0.2, 0.25) is 5.91 Å². The monoisotopic (exact) mass is 265 g/mol. The Kier molecular flexibility index (Phi) is 4.90. The molecule has 1 unspecified atom stereocenters. The van der Waals surface area contributed by atoms with Crippen molar-refractivity contribution >= 4 is 5.91 Å². The summed E-state index contributed by atoms with van der Waals surface area (Å²) >= 11 is 0. The van der Waals surface area contributed by atoms with Crippen molar-refractivity contribution in [3.8, 4) is 0 Å².